The monoisotopic (exact) mass is 239 g/mol. The Kier molecular flexibility index (Phi) is 5.78. The number of rotatable bonds is 1. The van der Waals surface area contributed by atoms with Crippen molar-refractivity contribution in [3.63, 3.8) is 0 Å². The molecule has 0 spiro atoms. The maximum Gasteiger partial charge on any atom is -0.0189 e. The summed E-state index contributed by atoms with van der Waals surface area (Å²) in [5.41, 5.74) is 2.77. The van der Waals surface area contributed by atoms with E-state index in [0.29, 0.717) is 0 Å². The van der Waals surface area contributed by atoms with Gasteiger partial charge in [0.25, 0.3) is 0 Å². The second kappa shape index (κ2) is 7.92. The van der Waals surface area contributed by atoms with E-state index in [1.807, 2.05) is 0 Å². The van der Waals surface area contributed by atoms with E-state index in [1.54, 1.807) is 0 Å². The van der Waals surface area contributed by atoms with E-state index in [1.165, 1.54) is 56.1 Å². The van der Waals surface area contributed by atoms with Crippen LogP contribution in [0, 0.1) is 6.08 Å². The average molecular weight is 239 g/mol. The van der Waals surface area contributed by atoms with Gasteiger partial charge >= 0.3 is 0 Å². The van der Waals surface area contributed by atoms with Crippen molar-refractivity contribution >= 4 is 0 Å². The van der Waals surface area contributed by atoms with Gasteiger partial charge in [-0.3, -0.25) is 0 Å². The van der Waals surface area contributed by atoms with Crippen LogP contribution >= 0.6 is 0 Å². The summed E-state index contributed by atoms with van der Waals surface area (Å²) in [5, 5.41) is 0. The van der Waals surface area contributed by atoms with Gasteiger partial charge in [0, 0.05) is 0 Å². The zero-order valence-electron chi connectivity index (χ0n) is 11.2. The Labute approximate surface area is 111 Å². The lowest BCUT2D eigenvalue weighted by atomic mass is 9.97. The molecular weight excluding hydrogens is 216 g/mol. The smallest absolute Gasteiger partial charge is 0.0189 e. The lowest BCUT2D eigenvalue weighted by Crippen LogP contribution is -1.89. The van der Waals surface area contributed by atoms with Crippen molar-refractivity contribution in [1.29, 1.82) is 0 Å². The molecule has 1 radical (unpaired) electrons. The maximum atomic E-state index is 3.59. The van der Waals surface area contributed by atoms with Crippen molar-refractivity contribution in [1.82, 2.24) is 0 Å². The molecule has 0 amide bonds. The fraction of sp³-hybridized carbons (Fsp3) is 0.444. The first-order valence-electron chi connectivity index (χ1n) is 7.27. The van der Waals surface area contributed by atoms with Gasteiger partial charge in [0.15, 0.2) is 0 Å². The first-order chi connectivity index (χ1) is 8.97. The van der Waals surface area contributed by atoms with E-state index < -0.39 is 0 Å². The molecule has 0 fully saturated rings. The summed E-state index contributed by atoms with van der Waals surface area (Å²) < 4.78 is 0. The van der Waals surface area contributed by atoms with Crippen LogP contribution in [0.2, 0.25) is 0 Å². The SMILES string of the molecule is [C]1=C(/C2=C\C=C\CCCCC2)\C=C/C=C\CCC/1. The van der Waals surface area contributed by atoms with Crippen molar-refractivity contribution in [2.75, 3.05) is 0 Å². The van der Waals surface area contributed by atoms with Crippen molar-refractivity contribution < 1.29 is 0 Å². The third-order valence-electron chi connectivity index (χ3n) is 3.47. The standard InChI is InChI=1S/C18H23/c1-2-6-10-14-17(13-9-5-1)18-15-11-7-3-4-8-12-16-18/h1,5,7,9,11,13,15H,2-4,6,8,10,12,16H2/b5-1-,11-7+,13-9-,17-14?,18-15-. The van der Waals surface area contributed by atoms with Gasteiger partial charge in [0.2, 0.25) is 0 Å². The predicted molar refractivity (Wildman–Crippen MR) is 79.2 cm³/mol. The zero-order valence-corrected chi connectivity index (χ0v) is 11.2. The Morgan fingerprint density at radius 2 is 1.72 bits per heavy atom. The highest BCUT2D eigenvalue weighted by Gasteiger charge is 2.04. The Morgan fingerprint density at radius 3 is 2.72 bits per heavy atom. The van der Waals surface area contributed by atoms with Gasteiger partial charge in [0.05, 0.1) is 0 Å². The van der Waals surface area contributed by atoms with Crippen LogP contribution < -0.4 is 0 Å². The van der Waals surface area contributed by atoms with Gasteiger partial charge in [-0.1, -0.05) is 49.0 Å². The van der Waals surface area contributed by atoms with Crippen LogP contribution in [0.15, 0.2) is 53.7 Å². The topological polar surface area (TPSA) is 0 Å². The van der Waals surface area contributed by atoms with Crippen molar-refractivity contribution in [2.24, 2.45) is 0 Å². The van der Waals surface area contributed by atoms with Gasteiger partial charge in [-0.05, 0) is 62.2 Å². The third kappa shape index (κ3) is 4.52. The van der Waals surface area contributed by atoms with E-state index in [0.717, 1.165) is 6.42 Å². The Morgan fingerprint density at radius 1 is 0.833 bits per heavy atom. The molecule has 0 atom stereocenters. The minimum absolute atomic E-state index is 1.07. The molecule has 0 nitrogen and oxygen atoms in total. The highest BCUT2D eigenvalue weighted by Crippen LogP contribution is 2.22. The van der Waals surface area contributed by atoms with Crippen molar-refractivity contribution in [3.05, 3.63) is 59.8 Å². The lowest BCUT2D eigenvalue weighted by molar-refractivity contribution is 0.689. The molecule has 2 aliphatic carbocycles. The Balaban J connectivity index is 2.14. The van der Waals surface area contributed by atoms with Gasteiger partial charge in [-0.2, -0.15) is 0 Å². The van der Waals surface area contributed by atoms with E-state index in [-0.39, 0.29) is 0 Å². The van der Waals surface area contributed by atoms with Gasteiger partial charge < -0.3 is 0 Å². The van der Waals surface area contributed by atoms with Gasteiger partial charge in [-0.25, -0.2) is 0 Å². The average Bonchev–Trinajstić information content (AvgIpc) is 2.61. The summed E-state index contributed by atoms with van der Waals surface area (Å²) in [6.45, 7) is 0. The molecule has 0 aliphatic heterocycles. The molecule has 0 saturated carbocycles. The highest BCUT2D eigenvalue weighted by atomic mass is 14.1. The van der Waals surface area contributed by atoms with Crippen LogP contribution in [0.4, 0.5) is 0 Å². The first-order valence-corrected chi connectivity index (χ1v) is 7.27. The van der Waals surface area contributed by atoms with E-state index >= 15 is 0 Å². The second-order valence-electron chi connectivity index (χ2n) is 4.99. The predicted octanol–water partition coefficient (Wildman–Crippen LogP) is 5.46. The lowest BCUT2D eigenvalue weighted by Gasteiger charge is -2.07. The summed E-state index contributed by atoms with van der Waals surface area (Å²) >= 11 is 0. The number of hydrogen-bond donors (Lipinski definition) is 0. The number of allylic oxidation sites excluding steroid dienone is 10. The number of hydrogen-bond acceptors (Lipinski definition) is 0. The van der Waals surface area contributed by atoms with Gasteiger partial charge in [-0.15, -0.1) is 0 Å². The largest absolute Gasteiger partial charge is 0.0845 e. The van der Waals surface area contributed by atoms with Crippen LogP contribution in [0.25, 0.3) is 0 Å². The zero-order chi connectivity index (χ0) is 12.5. The first kappa shape index (κ1) is 13.1. The van der Waals surface area contributed by atoms with Gasteiger partial charge in [0.1, 0.15) is 0 Å². The minimum Gasteiger partial charge on any atom is -0.0845 e. The maximum absolute atomic E-state index is 3.59. The molecule has 0 heterocycles. The molecule has 0 aromatic rings. The van der Waals surface area contributed by atoms with E-state index in [2.05, 4.69) is 48.6 Å². The van der Waals surface area contributed by atoms with Crippen LogP contribution in [-0.4, -0.2) is 0 Å². The fourth-order valence-corrected chi connectivity index (χ4v) is 2.39. The summed E-state index contributed by atoms with van der Waals surface area (Å²) in [5.74, 6) is 0. The van der Waals surface area contributed by atoms with Crippen molar-refractivity contribution in [3.8, 4) is 0 Å². The van der Waals surface area contributed by atoms with E-state index in [4.69, 9.17) is 0 Å². The normalized spacial score (nSPS) is 32.9. The fourth-order valence-electron chi connectivity index (χ4n) is 2.39. The van der Waals surface area contributed by atoms with Crippen LogP contribution in [0.5, 0.6) is 0 Å². The summed E-state index contributed by atoms with van der Waals surface area (Å²) in [7, 11) is 0. The van der Waals surface area contributed by atoms with E-state index in [9.17, 15) is 0 Å². The molecule has 0 saturated heterocycles. The molecule has 0 aromatic heterocycles. The quantitative estimate of drug-likeness (QED) is 0.570. The molecule has 0 unspecified atom stereocenters. The molecule has 95 valence electrons. The summed E-state index contributed by atoms with van der Waals surface area (Å²) in [6, 6.07) is 0. The Hall–Kier alpha value is -1.30. The molecule has 2 aliphatic rings. The third-order valence-corrected chi connectivity index (χ3v) is 3.47. The van der Waals surface area contributed by atoms with Crippen molar-refractivity contribution in [2.45, 2.75) is 51.4 Å². The summed E-state index contributed by atoms with van der Waals surface area (Å²) in [6.07, 6.45) is 29.1. The summed E-state index contributed by atoms with van der Waals surface area (Å²) in [4.78, 5) is 0. The molecular formula is C18H23. The van der Waals surface area contributed by atoms with Crippen LogP contribution in [-0.2, 0) is 0 Å². The molecule has 0 bridgehead atoms. The highest BCUT2D eigenvalue weighted by molar-refractivity contribution is 5.41. The second-order valence-corrected chi connectivity index (χ2v) is 4.99. The minimum atomic E-state index is 1.07. The Bertz CT molecular complexity index is 388. The molecule has 2 rings (SSSR count). The molecule has 0 N–H and O–H groups in total. The van der Waals surface area contributed by atoms with Crippen LogP contribution in [0.3, 0.4) is 0 Å². The molecule has 0 heteroatoms. The molecule has 0 aromatic carbocycles. The molecule has 18 heavy (non-hydrogen) atoms. The van der Waals surface area contributed by atoms with Crippen LogP contribution in [0.1, 0.15) is 51.4 Å².